The molecule has 5 nitrogen and oxygen atoms in total. The van der Waals surface area contributed by atoms with E-state index in [-0.39, 0.29) is 17.5 Å². The van der Waals surface area contributed by atoms with Crippen LogP contribution in [0.2, 0.25) is 5.02 Å². The summed E-state index contributed by atoms with van der Waals surface area (Å²) in [6.45, 7) is 5.09. The summed E-state index contributed by atoms with van der Waals surface area (Å²) >= 11 is 5.94. The molecular weight excluding hydrogens is 338 g/mol. The largest absolute Gasteiger partial charge is 0.352 e. The third kappa shape index (κ3) is 6.19. The maximum atomic E-state index is 12.2. The Morgan fingerprint density at radius 3 is 2.64 bits per heavy atom. The van der Waals surface area contributed by atoms with Gasteiger partial charge in [-0.25, -0.2) is 0 Å². The first-order chi connectivity index (χ1) is 12.0. The molecule has 0 atom stereocenters. The van der Waals surface area contributed by atoms with E-state index in [1.54, 1.807) is 6.07 Å². The Kier molecular flexibility index (Phi) is 6.95. The summed E-state index contributed by atoms with van der Waals surface area (Å²) in [6.07, 6.45) is 2.14. The molecule has 0 saturated heterocycles. The molecule has 25 heavy (non-hydrogen) atoms. The van der Waals surface area contributed by atoms with E-state index in [1.807, 2.05) is 38.1 Å². The van der Waals surface area contributed by atoms with Crippen molar-refractivity contribution in [2.24, 2.45) is 5.92 Å². The zero-order chi connectivity index (χ0) is 18.2. The quantitative estimate of drug-likeness (QED) is 0.798. The van der Waals surface area contributed by atoms with Gasteiger partial charge in [0.25, 0.3) is 11.8 Å². The van der Waals surface area contributed by atoms with E-state index in [0.29, 0.717) is 36.0 Å². The van der Waals surface area contributed by atoms with Gasteiger partial charge in [-0.3, -0.25) is 14.6 Å². The second-order valence-corrected chi connectivity index (χ2v) is 6.61. The Morgan fingerprint density at radius 1 is 1.12 bits per heavy atom. The molecule has 0 bridgehead atoms. The van der Waals surface area contributed by atoms with Crippen molar-refractivity contribution in [3.05, 3.63) is 64.4 Å². The van der Waals surface area contributed by atoms with Gasteiger partial charge < -0.3 is 10.6 Å². The number of nitrogens with zero attached hydrogens (tertiary/aromatic N) is 1. The molecule has 0 aliphatic carbocycles. The lowest BCUT2D eigenvalue weighted by atomic mass is 10.1. The van der Waals surface area contributed by atoms with Crippen LogP contribution in [0.4, 0.5) is 0 Å². The number of hydrogen-bond donors (Lipinski definition) is 2. The zero-order valence-corrected chi connectivity index (χ0v) is 15.1. The maximum absolute atomic E-state index is 12.2. The normalized spacial score (nSPS) is 10.6. The van der Waals surface area contributed by atoms with Crippen LogP contribution in [0.15, 0.2) is 42.6 Å². The van der Waals surface area contributed by atoms with Crippen molar-refractivity contribution in [1.82, 2.24) is 15.6 Å². The highest BCUT2D eigenvalue weighted by Crippen LogP contribution is 2.10. The van der Waals surface area contributed by atoms with Crippen LogP contribution < -0.4 is 10.6 Å². The number of aromatic nitrogens is 1. The molecule has 132 valence electrons. The molecule has 0 radical (unpaired) electrons. The highest BCUT2D eigenvalue weighted by Gasteiger charge is 2.11. The first-order valence-electron chi connectivity index (χ1n) is 8.22. The summed E-state index contributed by atoms with van der Waals surface area (Å²) in [5.74, 6) is -0.148. The molecular formula is C19H22ClN3O2. The van der Waals surface area contributed by atoms with Crippen molar-refractivity contribution in [2.45, 2.75) is 20.3 Å². The fraction of sp³-hybridized carbons (Fsp3) is 0.316. The number of carbonyl (C=O) groups excluding carboxylic acids is 2. The van der Waals surface area contributed by atoms with E-state index < -0.39 is 0 Å². The van der Waals surface area contributed by atoms with E-state index in [2.05, 4.69) is 15.6 Å². The standard InChI is InChI=1S/C19H22ClN3O2/c1-13(2)12-23-18(24)15-7-9-21-17(11-15)19(25)22-8-6-14-4-3-5-16(20)10-14/h3-5,7,9-11,13H,6,8,12H2,1-2H3,(H,22,25)(H,23,24). The van der Waals surface area contributed by atoms with Crippen LogP contribution in [0.5, 0.6) is 0 Å². The van der Waals surface area contributed by atoms with Gasteiger partial charge in [0.05, 0.1) is 0 Å². The summed E-state index contributed by atoms with van der Waals surface area (Å²) < 4.78 is 0. The first-order valence-corrected chi connectivity index (χ1v) is 8.60. The minimum atomic E-state index is -0.305. The Labute approximate surface area is 152 Å². The molecule has 1 heterocycles. The number of carbonyl (C=O) groups is 2. The predicted molar refractivity (Wildman–Crippen MR) is 98.9 cm³/mol. The Bertz CT molecular complexity index is 747. The van der Waals surface area contributed by atoms with Crippen molar-refractivity contribution < 1.29 is 9.59 Å². The summed E-state index contributed by atoms with van der Waals surface area (Å²) in [5, 5.41) is 6.30. The first kappa shape index (κ1) is 18.9. The number of pyridine rings is 1. The summed E-state index contributed by atoms with van der Waals surface area (Å²) in [4.78, 5) is 28.3. The number of hydrogen-bond acceptors (Lipinski definition) is 3. The van der Waals surface area contributed by atoms with Gasteiger partial charge >= 0.3 is 0 Å². The lowest BCUT2D eigenvalue weighted by Gasteiger charge is -2.09. The zero-order valence-electron chi connectivity index (χ0n) is 14.4. The topological polar surface area (TPSA) is 71.1 Å². The highest BCUT2D eigenvalue weighted by molar-refractivity contribution is 6.30. The SMILES string of the molecule is CC(C)CNC(=O)c1ccnc(C(=O)NCCc2cccc(Cl)c2)c1. The second-order valence-electron chi connectivity index (χ2n) is 6.17. The minimum Gasteiger partial charge on any atom is -0.352 e. The van der Waals surface area contributed by atoms with Crippen molar-refractivity contribution >= 4 is 23.4 Å². The monoisotopic (exact) mass is 359 g/mol. The van der Waals surface area contributed by atoms with Crippen molar-refractivity contribution in [3.63, 3.8) is 0 Å². The van der Waals surface area contributed by atoms with Gasteiger partial charge in [-0.1, -0.05) is 37.6 Å². The summed E-state index contributed by atoms with van der Waals surface area (Å²) in [6, 6.07) is 10.6. The maximum Gasteiger partial charge on any atom is 0.269 e. The Hall–Kier alpha value is -2.40. The van der Waals surface area contributed by atoms with Gasteiger partial charge in [0, 0.05) is 29.9 Å². The lowest BCUT2D eigenvalue weighted by molar-refractivity contribution is 0.0949. The molecule has 0 unspecified atom stereocenters. The number of rotatable bonds is 7. The number of halogens is 1. The molecule has 0 fully saturated rings. The lowest BCUT2D eigenvalue weighted by Crippen LogP contribution is -2.29. The van der Waals surface area contributed by atoms with Crippen molar-refractivity contribution in [2.75, 3.05) is 13.1 Å². The van der Waals surface area contributed by atoms with Gasteiger partial charge in [-0.15, -0.1) is 0 Å². The summed E-state index contributed by atoms with van der Waals surface area (Å²) in [5.41, 5.74) is 1.70. The van der Waals surface area contributed by atoms with Gasteiger partial charge in [0.2, 0.25) is 0 Å². The van der Waals surface area contributed by atoms with Crippen LogP contribution in [0.3, 0.4) is 0 Å². The molecule has 2 aromatic rings. The molecule has 0 spiro atoms. The molecule has 0 saturated carbocycles. The molecule has 1 aromatic heterocycles. The number of nitrogens with one attached hydrogen (secondary N) is 2. The van der Waals surface area contributed by atoms with E-state index in [4.69, 9.17) is 11.6 Å². The third-order valence-corrected chi connectivity index (χ3v) is 3.75. The molecule has 2 amide bonds. The molecule has 2 rings (SSSR count). The number of amides is 2. The van der Waals surface area contributed by atoms with Crippen LogP contribution in [-0.4, -0.2) is 29.9 Å². The molecule has 2 N–H and O–H groups in total. The fourth-order valence-corrected chi connectivity index (χ4v) is 2.41. The fourth-order valence-electron chi connectivity index (χ4n) is 2.20. The minimum absolute atomic E-state index is 0.205. The Balaban J connectivity index is 1.91. The van der Waals surface area contributed by atoms with E-state index in [9.17, 15) is 9.59 Å². The van der Waals surface area contributed by atoms with Crippen LogP contribution in [0.25, 0.3) is 0 Å². The Morgan fingerprint density at radius 2 is 1.92 bits per heavy atom. The smallest absolute Gasteiger partial charge is 0.269 e. The predicted octanol–water partition coefficient (Wildman–Crippen LogP) is 3.09. The summed E-state index contributed by atoms with van der Waals surface area (Å²) in [7, 11) is 0. The van der Waals surface area contributed by atoms with Crippen LogP contribution in [-0.2, 0) is 6.42 Å². The molecule has 6 heteroatoms. The average Bonchev–Trinajstić information content (AvgIpc) is 2.59. The third-order valence-electron chi connectivity index (χ3n) is 3.51. The molecule has 0 aliphatic rings. The van der Waals surface area contributed by atoms with Crippen molar-refractivity contribution in [3.8, 4) is 0 Å². The molecule has 1 aromatic carbocycles. The van der Waals surface area contributed by atoms with Gasteiger partial charge in [0.1, 0.15) is 5.69 Å². The van der Waals surface area contributed by atoms with Crippen LogP contribution >= 0.6 is 11.6 Å². The molecule has 0 aliphatic heterocycles. The van der Waals surface area contributed by atoms with E-state index >= 15 is 0 Å². The highest BCUT2D eigenvalue weighted by atomic mass is 35.5. The van der Waals surface area contributed by atoms with Crippen LogP contribution in [0, 0.1) is 5.92 Å². The average molecular weight is 360 g/mol. The van der Waals surface area contributed by atoms with Gasteiger partial charge in [-0.2, -0.15) is 0 Å². The van der Waals surface area contributed by atoms with Gasteiger partial charge in [0.15, 0.2) is 0 Å². The second kappa shape index (κ2) is 9.18. The van der Waals surface area contributed by atoms with E-state index in [1.165, 1.54) is 12.3 Å². The van der Waals surface area contributed by atoms with Crippen LogP contribution in [0.1, 0.15) is 40.3 Å². The van der Waals surface area contributed by atoms with Gasteiger partial charge in [-0.05, 0) is 42.2 Å². The van der Waals surface area contributed by atoms with Crippen molar-refractivity contribution in [1.29, 1.82) is 0 Å². The van der Waals surface area contributed by atoms with E-state index in [0.717, 1.165) is 5.56 Å². The number of benzene rings is 1.